The van der Waals surface area contributed by atoms with Gasteiger partial charge in [0.15, 0.2) is 0 Å². The molecule has 10 heteroatoms. The Morgan fingerprint density at radius 2 is 1.57 bits per heavy atom. The second-order valence-corrected chi connectivity index (χ2v) is 17.4. The van der Waals surface area contributed by atoms with Gasteiger partial charge in [-0.2, -0.15) is 0 Å². The number of allylic oxidation sites excluding steroid dienone is 1. The average Bonchev–Trinajstić information content (AvgIpc) is 3.45. The summed E-state index contributed by atoms with van der Waals surface area (Å²) < 4.78 is 6.15. The zero-order chi connectivity index (χ0) is 36.9. The third-order valence-corrected chi connectivity index (χ3v) is 13.6. The first-order chi connectivity index (χ1) is 24.5. The van der Waals surface area contributed by atoms with Crippen LogP contribution in [0.25, 0.3) is 10.4 Å². The predicted octanol–water partition coefficient (Wildman–Crippen LogP) is 8.41. The van der Waals surface area contributed by atoms with E-state index in [1.165, 1.54) is 51.4 Å². The highest BCUT2D eigenvalue weighted by Gasteiger charge is 2.59. The van der Waals surface area contributed by atoms with Crippen molar-refractivity contribution < 1.29 is 19.1 Å². The first-order valence-corrected chi connectivity index (χ1v) is 20.6. The Bertz CT molecular complexity index is 1230. The van der Waals surface area contributed by atoms with Crippen LogP contribution in [0.2, 0.25) is 0 Å². The second kappa shape index (κ2) is 20.0. The fourth-order valence-corrected chi connectivity index (χ4v) is 10.8. The number of nitrogens with zero attached hydrogens (tertiary/aromatic N) is 3. The van der Waals surface area contributed by atoms with Gasteiger partial charge in [-0.1, -0.05) is 83.5 Å². The van der Waals surface area contributed by atoms with Crippen molar-refractivity contribution in [2.45, 2.75) is 150 Å². The number of carbonyl (C=O) groups excluding carboxylic acids is 3. The summed E-state index contributed by atoms with van der Waals surface area (Å²) in [5.74, 6) is 4.50. The van der Waals surface area contributed by atoms with Gasteiger partial charge in [0.05, 0.1) is 6.10 Å². The molecular weight excluding hydrogens is 640 g/mol. The molecule has 3 fully saturated rings. The Morgan fingerprint density at radius 3 is 2.29 bits per heavy atom. The molecule has 3 amide bonds. The summed E-state index contributed by atoms with van der Waals surface area (Å²) in [6, 6.07) is 0. The first kappa shape index (κ1) is 41.2. The molecule has 0 aliphatic heterocycles. The van der Waals surface area contributed by atoms with Crippen LogP contribution < -0.4 is 16.0 Å². The maximum Gasteiger partial charge on any atom is 0.246 e. The highest BCUT2D eigenvalue weighted by Crippen LogP contribution is 2.67. The molecule has 0 unspecified atom stereocenters. The molecule has 0 spiro atoms. The molecule has 0 aromatic carbocycles. The van der Waals surface area contributed by atoms with Crippen molar-refractivity contribution in [1.82, 2.24) is 16.0 Å². The molecule has 10 nitrogen and oxygen atoms in total. The van der Waals surface area contributed by atoms with Gasteiger partial charge in [0.1, 0.15) is 6.61 Å². The van der Waals surface area contributed by atoms with Gasteiger partial charge in [0.25, 0.3) is 0 Å². The molecule has 3 saturated carbocycles. The van der Waals surface area contributed by atoms with Gasteiger partial charge in [-0.25, -0.2) is 0 Å². The number of azide groups is 1. The number of amides is 3. The maximum atomic E-state index is 12.6. The van der Waals surface area contributed by atoms with Gasteiger partial charge in [0, 0.05) is 43.9 Å². The minimum Gasteiger partial charge on any atom is -0.368 e. The number of fused-ring (bicyclic) bond motifs is 5. The van der Waals surface area contributed by atoms with Crippen LogP contribution in [0.3, 0.4) is 0 Å². The van der Waals surface area contributed by atoms with Crippen molar-refractivity contribution in [1.29, 1.82) is 0 Å². The van der Waals surface area contributed by atoms with Crippen LogP contribution in [-0.4, -0.2) is 56.6 Å². The molecule has 288 valence electrons. The van der Waals surface area contributed by atoms with E-state index in [9.17, 15) is 14.4 Å². The van der Waals surface area contributed by atoms with Crippen LogP contribution >= 0.6 is 0 Å². The molecule has 0 radical (unpaired) electrons. The number of rotatable bonds is 21. The first-order valence-electron chi connectivity index (χ1n) is 20.6. The summed E-state index contributed by atoms with van der Waals surface area (Å²) in [5, 5.41) is 11.9. The summed E-state index contributed by atoms with van der Waals surface area (Å²) in [6.07, 6.45) is 20.7. The summed E-state index contributed by atoms with van der Waals surface area (Å²) >= 11 is 0. The molecule has 8 atom stereocenters. The number of nitrogens with one attached hydrogen (secondary N) is 3. The summed E-state index contributed by atoms with van der Waals surface area (Å²) in [5.41, 5.74) is 10.6. The Kier molecular flexibility index (Phi) is 16.2. The molecule has 4 rings (SSSR count). The van der Waals surface area contributed by atoms with Gasteiger partial charge in [-0.3, -0.25) is 14.4 Å². The quantitative estimate of drug-likeness (QED) is 0.0361. The van der Waals surface area contributed by atoms with E-state index in [0.717, 1.165) is 80.5 Å². The van der Waals surface area contributed by atoms with Crippen LogP contribution in [0.15, 0.2) is 16.8 Å². The van der Waals surface area contributed by atoms with E-state index in [1.54, 1.807) is 5.57 Å². The molecule has 0 heterocycles. The lowest BCUT2D eigenvalue weighted by molar-refractivity contribution is -0.129. The smallest absolute Gasteiger partial charge is 0.246 e. The van der Waals surface area contributed by atoms with E-state index in [4.69, 9.17) is 10.3 Å². The van der Waals surface area contributed by atoms with E-state index < -0.39 is 0 Å². The molecule has 0 saturated heterocycles. The predicted molar refractivity (Wildman–Crippen MR) is 204 cm³/mol. The molecular formula is C41H70N6O4. The lowest BCUT2D eigenvalue weighted by Crippen LogP contribution is -2.51. The Hall–Kier alpha value is -2.58. The molecule has 0 aromatic rings. The Morgan fingerprint density at radius 1 is 0.863 bits per heavy atom. The van der Waals surface area contributed by atoms with E-state index in [-0.39, 0.29) is 61.8 Å². The summed E-state index contributed by atoms with van der Waals surface area (Å²) in [6.45, 7) is 14.1. The summed E-state index contributed by atoms with van der Waals surface area (Å²) in [7, 11) is 0. The average molecular weight is 711 g/mol. The normalized spacial score (nSPS) is 30.2. The largest absolute Gasteiger partial charge is 0.368 e. The Balaban J connectivity index is 1.10. The van der Waals surface area contributed by atoms with Crippen LogP contribution in [0, 0.1) is 46.3 Å². The Labute approximate surface area is 308 Å². The monoisotopic (exact) mass is 711 g/mol. The van der Waals surface area contributed by atoms with Gasteiger partial charge in [-0.05, 0) is 116 Å². The van der Waals surface area contributed by atoms with Crippen LogP contribution in [0.1, 0.15) is 144 Å². The van der Waals surface area contributed by atoms with E-state index in [1.807, 2.05) is 0 Å². The topological polar surface area (TPSA) is 145 Å². The highest BCUT2D eigenvalue weighted by molar-refractivity contribution is 5.80. The van der Waals surface area contributed by atoms with Crippen molar-refractivity contribution >= 4 is 17.7 Å². The van der Waals surface area contributed by atoms with Crippen LogP contribution in [0.4, 0.5) is 0 Å². The van der Waals surface area contributed by atoms with Gasteiger partial charge >= 0.3 is 0 Å². The van der Waals surface area contributed by atoms with Crippen molar-refractivity contribution in [3.63, 3.8) is 0 Å². The number of unbranched alkanes of at least 4 members (excludes halogenated alkanes) is 3. The van der Waals surface area contributed by atoms with E-state index >= 15 is 0 Å². The molecule has 0 aromatic heterocycles. The minimum atomic E-state index is -0.189. The molecule has 4 aliphatic carbocycles. The van der Waals surface area contributed by atoms with Crippen molar-refractivity contribution in [3.8, 4) is 0 Å². The number of ether oxygens (including phenoxy) is 1. The standard InChI is InChI=1S/C41H70N6O4/c1-29(2)11-10-12-30(3)34-15-16-35-33-14-13-31-27-32(17-21-40(31,4)36(33)18-22-41(34,35)5)51-28-39(50)45-26-20-38(49)44-25-19-37(48)43-23-8-6-7-9-24-46-47-42/h13,29-30,32-36H,6-12,14-28H2,1-5H3,(H,43,48)(H,44,49)(H,45,50)/t30-,32+,33+,34-,35+,36+,40+,41-/m1/s1. The van der Waals surface area contributed by atoms with Gasteiger partial charge < -0.3 is 20.7 Å². The number of carbonyl (C=O) groups is 3. The highest BCUT2D eigenvalue weighted by atomic mass is 16.5. The SMILES string of the molecule is CC(C)CCC[C@@H](C)[C@H]1CC[C@H]2[C@@H]3CC=C4C[C@@H](OCC(=O)NCCC(=O)NCCC(=O)NCCCCCCN=[N+]=[N-])CC[C@]4(C)[C@H]3CC[C@]12C. The third kappa shape index (κ3) is 11.5. The van der Waals surface area contributed by atoms with Crippen molar-refractivity contribution in [2.75, 3.05) is 32.8 Å². The summed E-state index contributed by atoms with van der Waals surface area (Å²) in [4.78, 5) is 39.5. The number of hydrogen-bond acceptors (Lipinski definition) is 5. The van der Waals surface area contributed by atoms with Crippen molar-refractivity contribution in [2.24, 2.45) is 51.5 Å². The van der Waals surface area contributed by atoms with Crippen molar-refractivity contribution in [3.05, 3.63) is 22.1 Å². The zero-order valence-corrected chi connectivity index (χ0v) is 32.6. The third-order valence-electron chi connectivity index (χ3n) is 13.6. The molecule has 4 aliphatic rings. The fraction of sp³-hybridized carbons (Fsp3) is 0.878. The lowest BCUT2D eigenvalue weighted by atomic mass is 9.47. The van der Waals surface area contributed by atoms with Gasteiger partial charge in [0.2, 0.25) is 17.7 Å². The van der Waals surface area contributed by atoms with Gasteiger partial charge in [-0.15, -0.1) is 0 Å². The van der Waals surface area contributed by atoms with Crippen LogP contribution in [0.5, 0.6) is 0 Å². The minimum absolute atomic E-state index is 0.0213. The molecule has 0 bridgehead atoms. The molecule has 51 heavy (non-hydrogen) atoms. The lowest BCUT2D eigenvalue weighted by Gasteiger charge is -2.58. The molecule has 3 N–H and O–H groups in total. The van der Waals surface area contributed by atoms with Crippen LogP contribution in [-0.2, 0) is 19.1 Å². The number of hydrogen-bond donors (Lipinski definition) is 3. The fourth-order valence-electron chi connectivity index (χ4n) is 10.8. The van der Waals surface area contributed by atoms with E-state index in [0.29, 0.717) is 18.5 Å². The maximum absolute atomic E-state index is 12.6. The second-order valence-electron chi connectivity index (χ2n) is 17.4. The van der Waals surface area contributed by atoms with E-state index in [2.05, 4.69) is 66.7 Å². The zero-order valence-electron chi connectivity index (χ0n) is 32.6.